The normalized spacial score (nSPS) is 16.2. The Morgan fingerprint density at radius 3 is 2.46 bits per heavy atom. The van der Waals surface area contributed by atoms with Gasteiger partial charge in [0.1, 0.15) is 6.67 Å². The Morgan fingerprint density at radius 1 is 1.23 bits per heavy atom. The van der Waals surface area contributed by atoms with E-state index in [4.69, 9.17) is 0 Å². The topological polar surface area (TPSA) is 0 Å². The summed E-state index contributed by atoms with van der Waals surface area (Å²) in [5, 5.41) is 0. The minimum atomic E-state index is -0.336. The van der Waals surface area contributed by atoms with E-state index in [-0.39, 0.29) is 6.67 Å². The first-order valence-corrected chi connectivity index (χ1v) is 4.88. The van der Waals surface area contributed by atoms with Crippen LogP contribution in [0.5, 0.6) is 0 Å². The van der Waals surface area contributed by atoms with Gasteiger partial charge in [-0.05, 0) is 54.9 Å². The van der Waals surface area contributed by atoms with Crippen LogP contribution < -0.4 is 0 Å². The third-order valence-corrected chi connectivity index (χ3v) is 2.89. The predicted octanol–water partition coefficient (Wildman–Crippen LogP) is 3.65. The molecule has 0 amide bonds. The van der Waals surface area contributed by atoms with E-state index >= 15 is 0 Å². The quantitative estimate of drug-likeness (QED) is 0.648. The lowest BCUT2D eigenvalue weighted by Crippen LogP contribution is -1.92. The highest BCUT2D eigenvalue weighted by Crippen LogP contribution is 2.42. The van der Waals surface area contributed by atoms with E-state index < -0.39 is 0 Å². The molecular formula is C12H15F. The van der Waals surface area contributed by atoms with E-state index in [1.54, 1.807) is 0 Å². The van der Waals surface area contributed by atoms with Gasteiger partial charge >= 0.3 is 0 Å². The van der Waals surface area contributed by atoms with Gasteiger partial charge in [0.25, 0.3) is 0 Å². The summed E-state index contributed by atoms with van der Waals surface area (Å²) in [6.45, 7) is 3.75. The Morgan fingerprint density at radius 2 is 1.92 bits per heavy atom. The van der Waals surface area contributed by atoms with Gasteiger partial charge in [0.15, 0.2) is 0 Å². The Hall–Kier alpha value is -0.850. The maximum atomic E-state index is 12.5. The van der Waals surface area contributed by atoms with Gasteiger partial charge in [0.2, 0.25) is 0 Å². The monoisotopic (exact) mass is 178 g/mol. The highest BCUT2D eigenvalue weighted by atomic mass is 19.1. The molecule has 1 aliphatic carbocycles. The number of hydrogen-bond donors (Lipinski definition) is 0. The lowest BCUT2D eigenvalue weighted by atomic mass is 9.98. The summed E-state index contributed by atoms with van der Waals surface area (Å²) < 4.78 is 12.5. The summed E-state index contributed by atoms with van der Waals surface area (Å²) in [5.74, 6) is 0.771. The molecule has 1 saturated carbocycles. The fraction of sp³-hybridized carbons (Fsp3) is 0.500. The van der Waals surface area contributed by atoms with E-state index in [1.165, 1.54) is 24.0 Å². The van der Waals surface area contributed by atoms with Crippen molar-refractivity contribution in [3.63, 3.8) is 0 Å². The summed E-state index contributed by atoms with van der Waals surface area (Å²) in [5.41, 5.74) is 4.66. The van der Waals surface area contributed by atoms with Crippen molar-refractivity contribution < 1.29 is 4.39 Å². The van der Waals surface area contributed by atoms with E-state index in [2.05, 4.69) is 13.0 Å². The summed E-state index contributed by atoms with van der Waals surface area (Å²) in [6.07, 6.45) is 2.63. The minimum Gasteiger partial charge on any atom is -0.246 e. The summed E-state index contributed by atoms with van der Waals surface area (Å²) in [6, 6.07) is 4.17. The van der Waals surface area contributed by atoms with Crippen molar-refractivity contribution in [2.75, 3.05) is 0 Å². The van der Waals surface area contributed by atoms with Crippen LogP contribution >= 0.6 is 0 Å². The van der Waals surface area contributed by atoms with Crippen molar-refractivity contribution in [2.45, 2.75) is 39.3 Å². The van der Waals surface area contributed by atoms with Crippen molar-refractivity contribution in [3.8, 4) is 0 Å². The largest absolute Gasteiger partial charge is 0.246 e. The van der Waals surface area contributed by atoms with Crippen molar-refractivity contribution in [1.29, 1.82) is 0 Å². The predicted molar refractivity (Wildman–Crippen MR) is 52.7 cm³/mol. The molecule has 13 heavy (non-hydrogen) atoms. The van der Waals surface area contributed by atoms with Crippen molar-refractivity contribution in [3.05, 3.63) is 34.4 Å². The molecule has 0 nitrogen and oxygen atoms in total. The molecule has 1 aromatic rings. The zero-order chi connectivity index (χ0) is 9.42. The van der Waals surface area contributed by atoms with Crippen LogP contribution in [0, 0.1) is 13.8 Å². The molecule has 2 rings (SSSR count). The molecule has 0 aliphatic heterocycles. The second-order valence-corrected chi connectivity index (χ2v) is 4.04. The van der Waals surface area contributed by atoms with Crippen LogP contribution in [-0.4, -0.2) is 0 Å². The van der Waals surface area contributed by atoms with Crippen LogP contribution in [0.3, 0.4) is 0 Å². The van der Waals surface area contributed by atoms with Gasteiger partial charge in [-0.1, -0.05) is 12.1 Å². The molecule has 1 aromatic carbocycles. The van der Waals surface area contributed by atoms with Crippen LogP contribution in [0.25, 0.3) is 0 Å². The number of alkyl halides is 1. The third kappa shape index (κ3) is 1.60. The highest BCUT2D eigenvalue weighted by Gasteiger charge is 2.25. The number of benzene rings is 1. The maximum Gasteiger partial charge on any atom is 0.115 e. The van der Waals surface area contributed by atoms with E-state index in [9.17, 15) is 4.39 Å². The molecule has 0 aromatic heterocycles. The molecule has 70 valence electrons. The molecule has 0 saturated heterocycles. The van der Waals surface area contributed by atoms with Crippen LogP contribution in [0.2, 0.25) is 0 Å². The molecule has 0 heterocycles. The molecule has 0 bridgehead atoms. The average Bonchev–Trinajstić information content (AvgIpc) is 2.91. The van der Waals surface area contributed by atoms with E-state index in [0.717, 1.165) is 17.0 Å². The Labute approximate surface area is 78.8 Å². The van der Waals surface area contributed by atoms with Gasteiger partial charge < -0.3 is 0 Å². The van der Waals surface area contributed by atoms with Gasteiger partial charge in [0.05, 0.1) is 0 Å². The second kappa shape index (κ2) is 3.13. The number of rotatable bonds is 2. The Balaban J connectivity index is 2.42. The van der Waals surface area contributed by atoms with Crippen molar-refractivity contribution in [2.24, 2.45) is 0 Å². The fourth-order valence-electron chi connectivity index (χ4n) is 1.88. The fourth-order valence-corrected chi connectivity index (χ4v) is 1.88. The van der Waals surface area contributed by atoms with Crippen molar-refractivity contribution in [1.82, 2.24) is 0 Å². The zero-order valence-corrected chi connectivity index (χ0v) is 8.23. The number of hydrogen-bond acceptors (Lipinski definition) is 0. The Kier molecular flexibility index (Phi) is 2.10. The first-order chi connectivity index (χ1) is 6.22. The zero-order valence-electron chi connectivity index (χ0n) is 8.23. The minimum absolute atomic E-state index is 0.336. The molecule has 0 spiro atoms. The summed E-state index contributed by atoms with van der Waals surface area (Å²) in [7, 11) is 0. The first-order valence-electron chi connectivity index (χ1n) is 4.88. The molecule has 0 radical (unpaired) electrons. The number of halogens is 1. The van der Waals surface area contributed by atoms with Gasteiger partial charge in [-0.25, -0.2) is 4.39 Å². The summed E-state index contributed by atoms with van der Waals surface area (Å²) >= 11 is 0. The van der Waals surface area contributed by atoms with Gasteiger partial charge in [0, 0.05) is 0 Å². The lowest BCUT2D eigenvalue weighted by Gasteiger charge is -2.09. The molecule has 0 unspecified atom stereocenters. The lowest BCUT2D eigenvalue weighted by molar-refractivity contribution is 0.483. The molecular weight excluding hydrogens is 163 g/mol. The molecule has 1 heteroatoms. The van der Waals surface area contributed by atoms with Crippen LogP contribution in [0.1, 0.15) is 41.0 Å². The van der Waals surface area contributed by atoms with Gasteiger partial charge in [-0.3, -0.25) is 0 Å². The smallest absolute Gasteiger partial charge is 0.115 e. The van der Waals surface area contributed by atoms with Crippen molar-refractivity contribution >= 4 is 0 Å². The van der Waals surface area contributed by atoms with Gasteiger partial charge in [-0.15, -0.1) is 0 Å². The van der Waals surface area contributed by atoms with Crippen LogP contribution in [0.15, 0.2) is 12.1 Å². The highest BCUT2D eigenvalue weighted by molar-refractivity contribution is 5.40. The van der Waals surface area contributed by atoms with Crippen LogP contribution in [-0.2, 0) is 6.67 Å². The third-order valence-electron chi connectivity index (χ3n) is 2.89. The molecule has 0 atom stereocenters. The first kappa shape index (κ1) is 8.74. The average molecular weight is 178 g/mol. The van der Waals surface area contributed by atoms with Crippen LogP contribution in [0.4, 0.5) is 4.39 Å². The molecule has 1 aliphatic rings. The Bertz CT molecular complexity index is 324. The second-order valence-electron chi connectivity index (χ2n) is 4.04. The maximum absolute atomic E-state index is 12.5. The summed E-state index contributed by atoms with van der Waals surface area (Å²) in [4.78, 5) is 0. The van der Waals surface area contributed by atoms with E-state index in [1.807, 2.05) is 13.0 Å². The SMILES string of the molecule is Cc1cc(C2CC2)c(C)cc1CF. The van der Waals surface area contributed by atoms with Gasteiger partial charge in [-0.2, -0.15) is 0 Å². The standard InChI is InChI=1S/C12H15F/c1-8-6-12(10-3-4-10)9(2)5-11(8)7-13/h5-6,10H,3-4,7H2,1-2H3. The molecule has 1 fully saturated rings. The van der Waals surface area contributed by atoms with E-state index in [0.29, 0.717) is 0 Å². The molecule has 0 N–H and O–H groups in total. The number of aryl methyl sites for hydroxylation is 2.